The minimum Gasteiger partial charge on any atom is -0.396 e. The Kier molecular flexibility index (Phi) is 4.06. The Labute approximate surface area is 110 Å². The van der Waals surface area contributed by atoms with Crippen LogP contribution in [0.15, 0.2) is 18.2 Å². The number of nitrogens with two attached hydrogens (primary N) is 1. The van der Waals surface area contributed by atoms with Crippen molar-refractivity contribution in [3.8, 4) is 11.4 Å². The van der Waals surface area contributed by atoms with E-state index >= 15 is 0 Å². The topological polar surface area (TPSA) is 78.8 Å². The van der Waals surface area contributed by atoms with Crippen molar-refractivity contribution in [3.63, 3.8) is 0 Å². The first kappa shape index (κ1) is 13.4. The summed E-state index contributed by atoms with van der Waals surface area (Å²) in [5.41, 5.74) is 6.13. The van der Waals surface area contributed by atoms with Gasteiger partial charge in [-0.1, -0.05) is 0 Å². The van der Waals surface area contributed by atoms with Crippen molar-refractivity contribution in [2.24, 2.45) is 0 Å². The molecule has 2 rings (SSSR count). The number of anilines is 1. The second-order valence-corrected chi connectivity index (χ2v) is 4.19. The van der Waals surface area contributed by atoms with Gasteiger partial charge in [-0.25, -0.2) is 9.07 Å². The SMILES string of the molecule is CCOC(C)Cn1nnnc1-c1ccc(N)c(F)c1. The van der Waals surface area contributed by atoms with Crippen LogP contribution < -0.4 is 5.73 Å². The fourth-order valence-corrected chi connectivity index (χ4v) is 1.78. The molecular weight excluding hydrogens is 249 g/mol. The molecule has 2 N–H and O–H groups in total. The monoisotopic (exact) mass is 265 g/mol. The number of rotatable bonds is 5. The molecule has 1 aromatic heterocycles. The van der Waals surface area contributed by atoms with Gasteiger partial charge in [0.05, 0.1) is 18.3 Å². The third kappa shape index (κ3) is 3.05. The smallest absolute Gasteiger partial charge is 0.182 e. The van der Waals surface area contributed by atoms with Gasteiger partial charge in [0, 0.05) is 12.2 Å². The molecule has 0 aliphatic rings. The van der Waals surface area contributed by atoms with Gasteiger partial charge in [0.15, 0.2) is 5.82 Å². The summed E-state index contributed by atoms with van der Waals surface area (Å²) in [6.07, 6.45) is -0.0223. The minimum absolute atomic E-state index is 0.0223. The van der Waals surface area contributed by atoms with Crippen LogP contribution in [0.5, 0.6) is 0 Å². The lowest BCUT2D eigenvalue weighted by atomic mass is 10.2. The van der Waals surface area contributed by atoms with Crippen LogP contribution in [0.25, 0.3) is 11.4 Å². The van der Waals surface area contributed by atoms with E-state index in [1.165, 1.54) is 12.1 Å². The number of hydrogen-bond donors (Lipinski definition) is 1. The lowest BCUT2D eigenvalue weighted by molar-refractivity contribution is 0.0614. The number of halogens is 1. The molecule has 1 unspecified atom stereocenters. The summed E-state index contributed by atoms with van der Waals surface area (Å²) in [6, 6.07) is 4.50. The number of tetrazole rings is 1. The molecule has 0 saturated heterocycles. The number of benzene rings is 1. The molecule has 0 radical (unpaired) electrons. The van der Waals surface area contributed by atoms with E-state index in [9.17, 15) is 4.39 Å². The van der Waals surface area contributed by atoms with Crippen LogP contribution in [0.4, 0.5) is 10.1 Å². The molecule has 1 aromatic carbocycles. The van der Waals surface area contributed by atoms with Gasteiger partial charge in [-0.05, 0) is 42.5 Å². The number of ether oxygens (including phenoxy) is 1. The highest BCUT2D eigenvalue weighted by molar-refractivity contribution is 5.58. The van der Waals surface area contributed by atoms with Crippen molar-refractivity contribution in [3.05, 3.63) is 24.0 Å². The summed E-state index contributed by atoms with van der Waals surface area (Å²) in [7, 11) is 0. The van der Waals surface area contributed by atoms with Gasteiger partial charge >= 0.3 is 0 Å². The third-order valence-electron chi connectivity index (χ3n) is 2.67. The zero-order valence-electron chi connectivity index (χ0n) is 10.9. The standard InChI is InChI=1S/C12H16FN5O/c1-3-19-8(2)7-18-12(15-16-17-18)9-4-5-11(14)10(13)6-9/h4-6,8H,3,7,14H2,1-2H3. The number of aromatic nitrogens is 4. The maximum atomic E-state index is 13.5. The number of hydrogen-bond acceptors (Lipinski definition) is 5. The highest BCUT2D eigenvalue weighted by Gasteiger charge is 2.13. The average Bonchev–Trinajstić information content (AvgIpc) is 2.81. The Morgan fingerprint density at radius 3 is 2.95 bits per heavy atom. The quantitative estimate of drug-likeness (QED) is 0.828. The van der Waals surface area contributed by atoms with E-state index in [1.807, 2.05) is 13.8 Å². The average molecular weight is 265 g/mol. The van der Waals surface area contributed by atoms with Gasteiger partial charge in [0.25, 0.3) is 0 Å². The minimum atomic E-state index is -0.482. The second kappa shape index (κ2) is 5.75. The third-order valence-corrected chi connectivity index (χ3v) is 2.67. The molecule has 6 nitrogen and oxygen atoms in total. The summed E-state index contributed by atoms with van der Waals surface area (Å²) in [5, 5.41) is 11.4. The largest absolute Gasteiger partial charge is 0.396 e. The van der Waals surface area contributed by atoms with Gasteiger partial charge in [0.2, 0.25) is 0 Å². The highest BCUT2D eigenvalue weighted by Crippen LogP contribution is 2.20. The van der Waals surface area contributed by atoms with Crippen molar-refractivity contribution < 1.29 is 9.13 Å². The summed E-state index contributed by atoms with van der Waals surface area (Å²) in [5.74, 6) is 0.00959. The van der Waals surface area contributed by atoms with E-state index in [0.717, 1.165) is 0 Å². The summed E-state index contributed by atoms with van der Waals surface area (Å²) < 4.78 is 20.5. The zero-order chi connectivity index (χ0) is 13.8. The molecule has 7 heteroatoms. The van der Waals surface area contributed by atoms with E-state index in [-0.39, 0.29) is 11.8 Å². The van der Waals surface area contributed by atoms with E-state index in [0.29, 0.717) is 24.5 Å². The van der Waals surface area contributed by atoms with E-state index in [1.54, 1.807) is 10.7 Å². The van der Waals surface area contributed by atoms with Gasteiger partial charge in [-0.2, -0.15) is 0 Å². The van der Waals surface area contributed by atoms with Crippen molar-refractivity contribution in [2.45, 2.75) is 26.5 Å². The molecule has 2 aromatic rings. The first-order valence-electron chi connectivity index (χ1n) is 6.05. The molecule has 1 heterocycles. The van der Waals surface area contributed by atoms with Gasteiger partial charge in [-0.15, -0.1) is 5.10 Å². The molecule has 0 fully saturated rings. The molecule has 1 atom stereocenters. The molecule has 0 amide bonds. The molecule has 0 aliphatic carbocycles. The van der Waals surface area contributed by atoms with Crippen molar-refractivity contribution in [1.29, 1.82) is 0 Å². The fraction of sp³-hybridized carbons (Fsp3) is 0.417. The summed E-state index contributed by atoms with van der Waals surface area (Å²) in [6.45, 7) is 4.97. The van der Waals surface area contributed by atoms with Crippen molar-refractivity contribution in [1.82, 2.24) is 20.2 Å². The molecule has 19 heavy (non-hydrogen) atoms. The molecular formula is C12H16FN5O. The van der Waals surface area contributed by atoms with Crippen LogP contribution in [0, 0.1) is 5.82 Å². The first-order chi connectivity index (χ1) is 9.11. The predicted octanol–water partition coefficient (Wildman–Crippen LogP) is 1.49. The zero-order valence-corrected chi connectivity index (χ0v) is 10.9. The lowest BCUT2D eigenvalue weighted by Crippen LogP contribution is -2.18. The predicted molar refractivity (Wildman–Crippen MR) is 68.7 cm³/mol. The number of nitrogens with zero attached hydrogens (tertiary/aromatic N) is 4. The Bertz CT molecular complexity index is 557. The highest BCUT2D eigenvalue weighted by atomic mass is 19.1. The van der Waals surface area contributed by atoms with E-state index in [2.05, 4.69) is 15.5 Å². The number of nitrogen functional groups attached to an aromatic ring is 1. The lowest BCUT2D eigenvalue weighted by Gasteiger charge is -2.12. The molecule has 0 spiro atoms. The van der Waals surface area contributed by atoms with Crippen LogP contribution >= 0.6 is 0 Å². The summed E-state index contributed by atoms with van der Waals surface area (Å²) in [4.78, 5) is 0. The van der Waals surface area contributed by atoms with Crippen molar-refractivity contribution in [2.75, 3.05) is 12.3 Å². The van der Waals surface area contributed by atoms with Crippen LogP contribution in [-0.2, 0) is 11.3 Å². The van der Waals surface area contributed by atoms with Gasteiger partial charge in [0.1, 0.15) is 5.82 Å². The Balaban J connectivity index is 2.25. The molecule has 0 saturated carbocycles. The van der Waals surface area contributed by atoms with E-state index in [4.69, 9.17) is 10.5 Å². The van der Waals surface area contributed by atoms with E-state index < -0.39 is 5.82 Å². The fourth-order valence-electron chi connectivity index (χ4n) is 1.78. The van der Waals surface area contributed by atoms with Crippen LogP contribution in [0.2, 0.25) is 0 Å². The molecule has 0 aliphatic heterocycles. The normalized spacial score (nSPS) is 12.6. The first-order valence-corrected chi connectivity index (χ1v) is 6.05. The Morgan fingerprint density at radius 2 is 2.26 bits per heavy atom. The summed E-state index contributed by atoms with van der Waals surface area (Å²) >= 11 is 0. The van der Waals surface area contributed by atoms with Crippen LogP contribution in [-0.4, -0.2) is 32.9 Å². The van der Waals surface area contributed by atoms with Gasteiger partial charge in [-0.3, -0.25) is 0 Å². The molecule has 102 valence electrons. The van der Waals surface area contributed by atoms with Crippen LogP contribution in [0.3, 0.4) is 0 Å². The Morgan fingerprint density at radius 1 is 1.47 bits per heavy atom. The van der Waals surface area contributed by atoms with Crippen LogP contribution in [0.1, 0.15) is 13.8 Å². The maximum absolute atomic E-state index is 13.5. The molecule has 0 bridgehead atoms. The van der Waals surface area contributed by atoms with Crippen molar-refractivity contribution >= 4 is 5.69 Å². The maximum Gasteiger partial charge on any atom is 0.182 e. The second-order valence-electron chi connectivity index (χ2n) is 4.19. The Hall–Kier alpha value is -2.02. The van der Waals surface area contributed by atoms with Gasteiger partial charge < -0.3 is 10.5 Å².